The van der Waals surface area contributed by atoms with Crippen molar-refractivity contribution in [3.8, 4) is 0 Å². The fourth-order valence-electron chi connectivity index (χ4n) is 1.63. The summed E-state index contributed by atoms with van der Waals surface area (Å²) in [6.45, 7) is 7.48. The minimum Gasteiger partial charge on any atom is -0.377 e. The third-order valence-electron chi connectivity index (χ3n) is 2.95. The second-order valence-corrected chi connectivity index (χ2v) is 4.39. The van der Waals surface area contributed by atoms with Crippen LogP contribution in [0.15, 0.2) is 0 Å². The molecule has 0 aromatic heterocycles. The zero-order chi connectivity index (χ0) is 11.5. The van der Waals surface area contributed by atoms with Crippen LogP contribution in [0.2, 0.25) is 0 Å². The van der Waals surface area contributed by atoms with Crippen molar-refractivity contribution in [3.63, 3.8) is 0 Å². The molecule has 0 bridgehead atoms. The minimum atomic E-state index is 0.421. The second kappa shape index (κ2) is 10.4. The van der Waals surface area contributed by atoms with Gasteiger partial charge in [0.15, 0.2) is 0 Å². The van der Waals surface area contributed by atoms with E-state index in [0.717, 1.165) is 13.0 Å². The fraction of sp³-hybridized carbons (Fsp3) is 1.00. The maximum absolute atomic E-state index is 5.80. The van der Waals surface area contributed by atoms with Crippen LogP contribution in [0.1, 0.15) is 59.3 Å². The molecule has 0 amide bonds. The van der Waals surface area contributed by atoms with Crippen LogP contribution in [0.4, 0.5) is 0 Å². The van der Waals surface area contributed by atoms with Crippen molar-refractivity contribution in [2.75, 3.05) is 13.7 Å². The van der Waals surface area contributed by atoms with Crippen molar-refractivity contribution in [1.82, 2.24) is 5.32 Å². The molecule has 0 aromatic carbocycles. The van der Waals surface area contributed by atoms with Gasteiger partial charge in [-0.05, 0) is 26.8 Å². The van der Waals surface area contributed by atoms with Crippen LogP contribution in [0, 0.1) is 0 Å². The molecule has 0 aliphatic rings. The van der Waals surface area contributed by atoms with Gasteiger partial charge in [0.2, 0.25) is 0 Å². The topological polar surface area (TPSA) is 21.3 Å². The Bertz CT molecular complexity index is 124. The van der Waals surface area contributed by atoms with E-state index in [4.69, 9.17) is 4.74 Å². The lowest BCUT2D eigenvalue weighted by molar-refractivity contribution is 0.0437. The quantitative estimate of drug-likeness (QED) is 0.564. The highest BCUT2D eigenvalue weighted by molar-refractivity contribution is 4.61. The highest BCUT2D eigenvalue weighted by Gasteiger charge is 2.06. The normalized spacial score (nSPS) is 15.2. The van der Waals surface area contributed by atoms with Crippen molar-refractivity contribution in [3.05, 3.63) is 0 Å². The monoisotopic (exact) mass is 215 g/mol. The van der Waals surface area contributed by atoms with Crippen molar-refractivity contribution >= 4 is 0 Å². The van der Waals surface area contributed by atoms with Gasteiger partial charge in [0, 0.05) is 6.04 Å². The fourth-order valence-corrected chi connectivity index (χ4v) is 1.63. The molecule has 0 saturated heterocycles. The first-order valence-corrected chi connectivity index (χ1v) is 6.53. The van der Waals surface area contributed by atoms with Crippen molar-refractivity contribution in [2.45, 2.75) is 71.4 Å². The first-order chi connectivity index (χ1) is 7.24. The van der Waals surface area contributed by atoms with Crippen LogP contribution in [-0.2, 0) is 4.74 Å². The summed E-state index contributed by atoms with van der Waals surface area (Å²) in [6, 6.07) is 0.517. The summed E-state index contributed by atoms with van der Waals surface area (Å²) in [5.41, 5.74) is 0. The van der Waals surface area contributed by atoms with Gasteiger partial charge in [-0.15, -0.1) is 0 Å². The molecular weight excluding hydrogens is 186 g/mol. The third kappa shape index (κ3) is 8.88. The first-order valence-electron chi connectivity index (χ1n) is 6.53. The van der Waals surface area contributed by atoms with Gasteiger partial charge in [0.05, 0.1) is 12.7 Å². The van der Waals surface area contributed by atoms with Gasteiger partial charge in [-0.3, -0.25) is 0 Å². The smallest absolute Gasteiger partial charge is 0.0623 e. The summed E-state index contributed by atoms with van der Waals surface area (Å²) in [4.78, 5) is 0. The van der Waals surface area contributed by atoms with E-state index >= 15 is 0 Å². The molecule has 0 fully saturated rings. The lowest BCUT2D eigenvalue weighted by atomic mass is 10.1. The number of hydrogen-bond donors (Lipinski definition) is 1. The van der Waals surface area contributed by atoms with Crippen LogP contribution < -0.4 is 5.32 Å². The Labute approximate surface area is 95.8 Å². The highest BCUT2D eigenvalue weighted by atomic mass is 16.5. The van der Waals surface area contributed by atoms with Crippen molar-refractivity contribution in [2.24, 2.45) is 0 Å². The Morgan fingerprint density at radius 1 is 1.13 bits per heavy atom. The van der Waals surface area contributed by atoms with Crippen LogP contribution >= 0.6 is 0 Å². The minimum absolute atomic E-state index is 0.421. The molecule has 0 radical (unpaired) electrons. The van der Waals surface area contributed by atoms with Gasteiger partial charge in [0.1, 0.15) is 0 Å². The van der Waals surface area contributed by atoms with Crippen LogP contribution in [0.3, 0.4) is 0 Å². The van der Waals surface area contributed by atoms with Gasteiger partial charge in [-0.2, -0.15) is 0 Å². The molecule has 0 aliphatic carbocycles. The molecule has 2 atom stereocenters. The summed E-state index contributed by atoms with van der Waals surface area (Å²) in [5.74, 6) is 0. The number of unbranched alkanes of at least 4 members (excludes halogenated alkanes) is 3. The molecule has 0 aromatic rings. The van der Waals surface area contributed by atoms with Gasteiger partial charge >= 0.3 is 0 Å². The van der Waals surface area contributed by atoms with Gasteiger partial charge in [-0.25, -0.2) is 0 Å². The zero-order valence-electron chi connectivity index (χ0n) is 11.0. The Kier molecular flexibility index (Phi) is 10.4. The van der Waals surface area contributed by atoms with Crippen molar-refractivity contribution < 1.29 is 4.74 Å². The van der Waals surface area contributed by atoms with Gasteiger partial charge in [0.25, 0.3) is 0 Å². The summed E-state index contributed by atoms with van der Waals surface area (Å²) in [5, 5.41) is 3.26. The second-order valence-electron chi connectivity index (χ2n) is 4.39. The van der Waals surface area contributed by atoms with E-state index in [0.29, 0.717) is 12.1 Å². The van der Waals surface area contributed by atoms with E-state index < -0.39 is 0 Å². The number of likely N-dealkylation sites (N-methyl/N-ethyl adjacent to an activating group) is 1. The van der Waals surface area contributed by atoms with E-state index in [-0.39, 0.29) is 0 Å². The standard InChI is InChI=1S/C13H29NO/c1-5-7-8-9-10-12(3)15-11-13(6-2)14-4/h12-14H,5-11H2,1-4H3. The van der Waals surface area contributed by atoms with E-state index in [1.54, 1.807) is 0 Å². The van der Waals surface area contributed by atoms with E-state index in [2.05, 4.69) is 26.1 Å². The third-order valence-corrected chi connectivity index (χ3v) is 2.95. The van der Waals surface area contributed by atoms with Crippen LogP contribution in [0.5, 0.6) is 0 Å². The van der Waals surface area contributed by atoms with Crippen molar-refractivity contribution in [1.29, 1.82) is 0 Å². The lowest BCUT2D eigenvalue weighted by Crippen LogP contribution is -2.31. The summed E-state index contributed by atoms with van der Waals surface area (Å²) in [6.07, 6.45) is 8.11. The average molecular weight is 215 g/mol. The molecule has 2 nitrogen and oxygen atoms in total. The molecular formula is C13H29NO. The molecule has 2 unspecified atom stereocenters. The summed E-state index contributed by atoms with van der Waals surface area (Å²) in [7, 11) is 2.00. The molecule has 1 N–H and O–H groups in total. The van der Waals surface area contributed by atoms with E-state index in [1.165, 1.54) is 32.1 Å². The Morgan fingerprint density at radius 3 is 2.40 bits per heavy atom. The Balaban J connectivity index is 3.35. The highest BCUT2D eigenvalue weighted by Crippen LogP contribution is 2.08. The van der Waals surface area contributed by atoms with Crippen LogP contribution in [-0.4, -0.2) is 25.8 Å². The Morgan fingerprint density at radius 2 is 1.87 bits per heavy atom. The molecule has 0 spiro atoms. The first kappa shape index (κ1) is 14.9. The maximum atomic E-state index is 5.80. The van der Waals surface area contributed by atoms with Crippen LogP contribution in [0.25, 0.3) is 0 Å². The molecule has 0 rings (SSSR count). The lowest BCUT2D eigenvalue weighted by Gasteiger charge is -2.18. The zero-order valence-corrected chi connectivity index (χ0v) is 11.0. The number of ether oxygens (including phenoxy) is 1. The van der Waals surface area contributed by atoms with E-state index in [1.807, 2.05) is 7.05 Å². The van der Waals surface area contributed by atoms with E-state index in [9.17, 15) is 0 Å². The van der Waals surface area contributed by atoms with Gasteiger partial charge in [-0.1, -0.05) is 39.5 Å². The predicted molar refractivity (Wildman–Crippen MR) is 67.3 cm³/mol. The summed E-state index contributed by atoms with van der Waals surface area (Å²) < 4.78 is 5.80. The average Bonchev–Trinajstić information content (AvgIpc) is 2.26. The number of rotatable bonds is 10. The molecule has 0 saturated carbocycles. The summed E-state index contributed by atoms with van der Waals surface area (Å²) >= 11 is 0. The van der Waals surface area contributed by atoms with Gasteiger partial charge < -0.3 is 10.1 Å². The molecule has 2 heteroatoms. The molecule has 0 aliphatic heterocycles. The predicted octanol–water partition coefficient (Wildman–Crippen LogP) is 3.36. The molecule has 15 heavy (non-hydrogen) atoms. The molecule has 0 heterocycles. The SMILES string of the molecule is CCCCCCC(C)OCC(CC)NC. The molecule has 92 valence electrons. The maximum Gasteiger partial charge on any atom is 0.0623 e. The number of nitrogens with one attached hydrogen (secondary N) is 1. The number of hydrogen-bond acceptors (Lipinski definition) is 2. The Hall–Kier alpha value is -0.0800. The largest absolute Gasteiger partial charge is 0.377 e.